The lowest BCUT2D eigenvalue weighted by Gasteiger charge is -2.28. The summed E-state index contributed by atoms with van der Waals surface area (Å²) in [7, 11) is 0. The highest BCUT2D eigenvalue weighted by Gasteiger charge is 2.18. The van der Waals surface area contributed by atoms with E-state index in [0.717, 1.165) is 12.8 Å². The van der Waals surface area contributed by atoms with Crippen LogP contribution in [0.1, 0.15) is 32.4 Å². The van der Waals surface area contributed by atoms with Gasteiger partial charge in [-0.15, -0.1) is 0 Å². The molecule has 0 radical (unpaired) electrons. The molecule has 1 aromatic rings. The third kappa shape index (κ3) is 4.84. The number of halogens is 1. The van der Waals surface area contributed by atoms with Crippen molar-refractivity contribution in [1.29, 1.82) is 0 Å². The molecule has 1 aromatic heterocycles. The molecule has 1 heterocycles. The second kappa shape index (κ2) is 8.17. The Morgan fingerprint density at radius 3 is 2.63 bits per heavy atom. The van der Waals surface area contributed by atoms with E-state index in [1.54, 1.807) is 23.1 Å². The van der Waals surface area contributed by atoms with E-state index in [0.29, 0.717) is 17.0 Å². The second-order valence-corrected chi connectivity index (χ2v) is 4.98. The standard InChI is InChI=1S/C14H20BrNO3/c1-3-11(4-2)16(9-10-17)14(18)8-6-12-5-7-13(15)19-12/h5-8,11,17H,3-4,9-10H2,1-2H3. The van der Waals surface area contributed by atoms with Gasteiger partial charge >= 0.3 is 0 Å². The number of hydrogen-bond acceptors (Lipinski definition) is 3. The van der Waals surface area contributed by atoms with E-state index in [4.69, 9.17) is 9.52 Å². The number of rotatable bonds is 7. The van der Waals surface area contributed by atoms with Crippen LogP contribution in [0.4, 0.5) is 0 Å². The maximum Gasteiger partial charge on any atom is 0.247 e. The van der Waals surface area contributed by atoms with Crippen LogP contribution < -0.4 is 0 Å². The molecule has 0 fully saturated rings. The summed E-state index contributed by atoms with van der Waals surface area (Å²) in [5.41, 5.74) is 0. The lowest BCUT2D eigenvalue weighted by Crippen LogP contribution is -2.40. The Hall–Kier alpha value is -1.07. The van der Waals surface area contributed by atoms with Crippen LogP contribution in [0, 0.1) is 0 Å². The number of nitrogens with zero attached hydrogens (tertiary/aromatic N) is 1. The average Bonchev–Trinajstić information content (AvgIpc) is 2.82. The summed E-state index contributed by atoms with van der Waals surface area (Å²) in [5, 5.41) is 9.07. The van der Waals surface area contributed by atoms with Gasteiger partial charge in [0, 0.05) is 18.7 Å². The monoisotopic (exact) mass is 329 g/mol. The van der Waals surface area contributed by atoms with Crippen molar-refractivity contribution in [2.24, 2.45) is 0 Å². The maximum atomic E-state index is 12.1. The van der Waals surface area contributed by atoms with Crippen molar-refractivity contribution in [3.63, 3.8) is 0 Å². The smallest absolute Gasteiger partial charge is 0.247 e. The Bertz CT molecular complexity index is 424. The molecule has 5 heteroatoms. The molecule has 0 aliphatic heterocycles. The van der Waals surface area contributed by atoms with E-state index in [1.165, 1.54) is 6.08 Å². The summed E-state index contributed by atoms with van der Waals surface area (Å²) >= 11 is 3.21. The SMILES string of the molecule is CCC(CC)N(CCO)C(=O)C=Cc1ccc(Br)o1. The van der Waals surface area contributed by atoms with Crippen LogP contribution in [0.15, 0.2) is 27.3 Å². The highest BCUT2D eigenvalue weighted by molar-refractivity contribution is 9.10. The van der Waals surface area contributed by atoms with Gasteiger partial charge in [0.2, 0.25) is 5.91 Å². The summed E-state index contributed by atoms with van der Waals surface area (Å²) < 4.78 is 5.93. The highest BCUT2D eigenvalue weighted by Crippen LogP contribution is 2.16. The third-order valence-corrected chi connectivity index (χ3v) is 3.42. The topological polar surface area (TPSA) is 53.7 Å². The number of furan rings is 1. The molecule has 0 atom stereocenters. The number of carbonyl (C=O) groups is 1. The van der Waals surface area contributed by atoms with Crippen LogP contribution in [0.2, 0.25) is 0 Å². The number of carbonyl (C=O) groups excluding carboxylic acids is 1. The van der Waals surface area contributed by atoms with Gasteiger partial charge in [-0.2, -0.15) is 0 Å². The molecule has 0 bridgehead atoms. The molecule has 0 aliphatic rings. The highest BCUT2D eigenvalue weighted by atomic mass is 79.9. The first kappa shape index (κ1) is 16.0. The summed E-state index contributed by atoms with van der Waals surface area (Å²) in [4.78, 5) is 13.9. The predicted octanol–water partition coefficient (Wildman–Crippen LogP) is 3.06. The maximum absolute atomic E-state index is 12.1. The van der Waals surface area contributed by atoms with E-state index in [-0.39, 0.29) is 18.6 Å². The molecule has 4 nitrogen and oxygen atoms in total. The van der Waals surface area contributed by atoms with Crippen LogP contribution in [-0.2, 0) is 4.79 Å². The Kier molecular flexibility index (Phi) is 6.87. The molecule has 0 unspecified atom stereocenters. The van der Waals surface area contributed by atoms with E-state index < -0.39 is 0 Å². The van der Waals surface area contributed by atoms with Crippen molar-refractivity contribution < 1.29 is 14.3 Å². The van der Waals surface area contributed by atoms with Crippen LogP contribution in [0.25, 0.3) is 6.08 Å². The molecule has 1 amide bonds. The molecule has 0 spiro atoms. The molecule has 19 heavy (non-hydrogen) atoms. The number of hydrogen-bond donors (Lipinski definition) is 1. The average molecular weight is 330 g/mol. The largest absolute Gasteiger partial charge is 0.450 e. The fourth-order valence-electron chi connectivity index (χ4n) is 1.98. The van der Waals surface area contributed by atoms with Gasteiger partial charge in [0.05, 0.1) is 6.61 Å². The minimum atomic E-state index is -0.102. The second-order valence-electron chi connectivity index (χ2n) is 4.20. The van der Waals surface area contributed by atoms with Crippen LogP contribution in [-0.4, -0.2) is 35.1 Å². The Morgan fingerprint density at radius 2 is 2.16 bits per heavy atom. The molecule has 106 valence electrons. The molecule has 1 N–H and O–H groups in total. The zero-order chi connectivity index (χ0) is 14.3. The third-order valence-electron chi connectivity index (χ3n) is 2.99. The molecular formula is C14H20BrNO3. The zero-order valence-electron chi connectivity index (χ0n) is 11.3. The Labute approximate surface area is 122 Å². The van der Waals surface area contributed by atoms with Crippen molar-refractivity contribution in [1.82, 2.24) is 4.90 Å². The summed E-state index contributed by atoms with van der Waals surface area (Å²) in [6.07, 6.45) is 4.88. The van der Waals surface area contributed by atoms with E-state index in [9.17, 15) is 4.79 Å². The van der Waals surface area contributed by atoms with Crippen LogP contribution in [0.5, 0.6) is 0 Å². The van der Waals surface area contributed by atoms with Crippen molar-refractivity contribution in [2.75, 3.05) is 13.2 Å². The molecule has 0 saturated carbocycles. The van der Waals surface area contributed by atoms with Crippen molar-refractivity contribution >= 4 is 27.9 Å². The minimum absolute atomic E-state index is 0.0254. The van der Waals surface area contributed by atoms with Crippen molar-refractivity contribution in [3.05, 3.63) is 28.6 Å². The minimum Gasteiger partial charge on any atom is -0.450 e. The summed E-state index contributed by atoms with van der Waals surface area (Å²) in [5.74, 6) is 0.518. The van der Waals surface area contributed by atoms with Gasteiger partial charge in [-0.3, -0.25) is 4.79 Å². The first-order chi connectivity index (χ1) is 9.12. The molecule has 0 saturated heterocycles. The Morgan fingerprint density at radius 1 is 1.47 bits per heavy atom. The Balaban J connectivity index is 2.73. The van der Waals surface area contributed by atoms with Crippen molar-refractivity contribution in [3.8, 4) is 0 Å². The predicted molar refractivity (Wildman–Crippen MR) is 78.6 cm³/mol. The zero-order valence-corrected chi connectivity index (χ0v) is 12.9. The van der Waals surface area contributed by atoms with Gasteiger partial charge in [-0.1, -0.05) is 13.8 Å². The van der Waals surface area contributed by atoms with Crippen LogP contribution >= 0.6 is 15.9 Å². The first-order valence-electron chi connectivity index (χ1n) is 6.47. The fraction of sp³-hybridized carbons (Fsp3) is 0.500. The van der Waals surface area contributed by atoms with Gasteiger partial charge in [0.25, 0.3) is 0 Å². The van der Waals surface area contributed by atoms with E-state index >= 15 is 0 Å². The molecule has 0 aromatic carbocycles. The van der Waals surface area contributed by atoms with E-state index in [2.05, 4.69) is 15.9 Å². The molecular weight excluding hydrogens is 310 g/mol. The number of aliphatic hydroxyl groups is 1. The quantitative estimate of drug-likeness (QED) is 0.782. The normalized spacial score (nSPS) is 11.4. The van der Waals surface area contributed by atoms with Crippen molar-refractivity contribution in [2.45, 2.75) is 32.7 Å². The van der Waals surface area contributed by atoms with Gasteiger partial charge < -0.3 is 14.4 Å². The lowest BCUT2D eigenvalue weighted by molar-refractivity contribution is -0.129. The van der Waals surface area contributed by atoms with Gasteiger partial charge in [0.15, 0.2) is 4.67 Å². The summed E-state index contributed by atoms with van der Waals surface area (Å²) in [6.45, 7) is 4.41. The van der Waals surface area contributed by atoms with Gasteiger partial charge in [-0.25, -0.2) is 0 Å². The fourth-order valence-corrected chi connectivity index (χ4v) is 2.30. The first-order valence-corrected chi connectivity index (χ1v) is 7.26. The molecule has 1 rings (SSSR count). The van der Waals surface area contributed by atoms with E-state index in [1.807, 2.05) is 13.8 Å². The van der Waals surface area contributed by atoms with Crippen LogP contribution in [0.3, 0.4) is 0 Å². The van der Waals surface area contributed by atoms with Gasteiger partial charge in [0.1, 0.15) is 5.76 Å². The summed E-state index contributed by atoms with van der Waals surface area (Å²) in [6, 6.07) is 3.71. The lowest BCUT2D eigenvalue weighted by atomic mass is 10.1. The number of amides is 1. The molecule has 0 aliphatic carbocycles. The van der Waals surface area contributed by atoms with Gasteiger partial charge in [-0.05, 0) is 47.0 Å². The number of aliphatic hydroxyl groups excluding tert-OH is 1.